The van der Waals surface area contributed by atoms with Crippen LogP contribution < -0.4 is 5.73 Å². The third-order valence-electron chi connectivity index (χ3n) is 4.06. The smallest absolute Gasteiger partial charge is 0.402 e. The van der Waals surface area contributed by atoms with Crippen molar-refractivity contribution in [1.82, 2.24) is 9.80 Å². The van der Waals surface area contributed by atoms with Gasteiger partial charge in [0.05, 0.1) is 5.56 Å². The lowest BCUT2D eigenvalue weighted by atomic mass is 10.0. The second kappa shape index (κ2) is 7.70. The highest BCUT2D eigenvalue weighted by Crippen LogP contribution is 2.32. The molecule has 2 rings (SSSR count). The number of nitrogens with zero attached hydrogens (tertiary/aromatic N) is 2. The Hall–Kier alpha value is -2.02. The Bertz CT molecular complexity index is 601. The van der Waals surface area contributed by atoms with Crippen LogP contribution in [0.1, 0.15) is 18.1 Å². The van der Waals surface area contributed by atoms with Crippen LogP contribution >= 0.6 is 0 Å². The highest BCUT2D eigenvalue weighted by Gasteiger charge is 2.32. The maximum atomic E-state index is 13.0. The Morgan fingerprint density at radius 3 is 2.42 bits per heavy atom. The molecule has 0 aliphatic carbocycles. The van der Waals surface area contributed by atoms with E-state index in [-0.39, 0.29) is 5.91 Å². The number of nitrogens with two attached hydrogens (primary N) is 1. The lowest BCUT2D eigenvalue weighted by molar-refractivity contribution is -0.138. The molecule has 1 aromatic carbocycles. The van der Waals surface area contributed by atoms with Crippen molar-refractivity contribution >= 4 is 5.91 Å². The van der Waals surface area contributed by atoms with Crippen LogP contribution in [0.2, 0.25) is 0 Å². The fraction of sp³-hybridized carbons (Fsp3) is 0.471. The van der Waals surface area contributed by atoms with Crippen molar-refractivity contribution in [1.29, 1.82) is 0 Å². The maximum Gasteiger partial charge on any atom is 0.416 e. The highest BCUT2D eigenvalue weighted by molar-refractivity contribution is 5.88. The van der Waals surface area contributed by atoms with Crippen LogP contribution in [0.3, 0.4) is 0 Å². The summed E-state index contributed by atoms with van der Waals surface area (Å²) in [6.45, 7) is 4.62. The molecular weight excluding hydrogens is 319 g/mol. The minimum absolute atomic E-state index is 0.114. The van der Waals surface area contributed by atoms with Crippen LogP contribution in [0.4, 0.5) is 13.2 Å². The Morgan fingerprint density at radius 1 is 1.21 bits per heavy atom. The van der Waals surface area contributed by atoms with Crippen LogP contribution in [0.15, 0.2) is 36.0 Å². The van der Waals surface area contributed by atoms with Crippen molar-refractivity contribution in [2.45, 2.75) is 19.5 Å². The van der Waals surface area contributed by atoms with Gasteiger partial charge in [-0.25, -0.2) is 0 Å². The van der Waals surface area contributed by atoms with Crippen LogP contribution in [0, 0.1) is 0 Å². The van der Waals surface area contributed by atoms with Gasteiger partial charge in [-0.05, 0) is 25.0 Å². The first-order valence-electron chi connectivity index (χ1n) is 7.87. The van der Waals surface area contributed by atoms with Gasteiger partial charge in [0.15, 0.2) is 0 Å². The van der Waals surface area contributed by atoms with E-state index in [0.717, 1.165) is 6.07 Å². The summed E-state index contributed by atoms with van der Waals surface area (Å²) in [6, 6.07) is 5.68. The van der Waals surface area contributed by atoms with Crippen LogP contribution in [0.5, 0.6) is 0 Å². The molecule has 4 nitrogen and oxygen atoms in total. The predicted octanol–water partition coefficient (Wildman–Crippen LogP) is 2.25. The number of piperazine rings is 1. The Kier molecular flexibility index (Phi) is 5.88. The van der Waals surface area contributed by atoms with Gasteiger partial charge in [0.2, 0.25) is 5.91 Å². The largest absolute Gasteiger partial charge is 0.416 e. The van der Waals surface area contributed by atoms with Gasteiger partial charge in [0.1, 0.15) is 0 Å². The normalized spacial score (nSPS) is 17.2. The third kappa shape index (κ3) is 4.99. The molecule has 0 unspecified atom stereocenters. The third-order valence-corrected chi connectivity index (χ3v) is 4.06. The number of hydrogen-bond acceptors (Lipinski definition) is 3. The summed E-state index contributed by atoms with van der Waals surface area (Å²) in [4.78, 5) is 15.7. The number of rotatable bonds is 4. The topological polar surface area (TPSA) is 49.6 Å². The van der Waals surface area contributed by atoms with Crippen molar-refractivity contribution in [3.05, 3.63) is 47.2 Å². The molecule has 0 bridgehead atoms. The average molecular weight is 341 g/mol. The Morgan fingerprint density at radius 2 is 1.83 bits per heavy atom. The molecule has 0 radical (unpaired) electrons. The molecule has 2 N–H and O–H groups in total. The minimum atomic E-state index is -4.33. The molecule has 1 aliphatic rings. The molecule has 1 aromatic rings. The number of halogens is 3. The van der Waals surface area contributed by atoms with Gasteiger partial charge in [0, 0.05) is 44.5 Å². The number of amides is 1. The average Bonchev–Trinajstić information content (AvgIpc) is 2.52. The molecule has 0 spiro atoms. The molecule has 132 valence electrons. The SMILES string of the molecule is C/C(N)=C/C(=O)N1CCN(CCc2ccccc2C(F)(F)F)CC1. The van der Waals surface area contributed by atoms with E-state index in [2.05, 4.69) is 4.90 Å². The van der Waals surface area contributed by atoms with E-state index in [9.17, 15) is 18.0 Å². The molecular formula is C17H22F3N3O. The van der Waals surface area contributed by atoms with Gasteiger partial charge in [0.25, 0.3) is 0 Å². The summed E-state index contributed by atoms with van der Waals surface area (Å²) in [5, 5.41) is 0. The van der Waals surface area contributed by atoms with Gasteiger partial charge in [-0.3, -0.25) is 9.69 Å². The van der Waals surface area contributed by atoms with Crippen LogP contribution in [-0.4, -0.2) is 48.4 Å². The number of hydrogen-bond donors (Lipinski definition) is 1. The zero-order valence-corrected chi connectivity index (χ0v) is 13.6. The second-order valence-corrected chi connectivity index (χ2v) is 5.96. The van der Waals surface area contributed by atoms with E-state index in [0.29, 0.717) is 50.4 Å². The van der Waals surface area contributed by atoms with E-state index in [4.69, 9.17) is 5.73 Å². The first kappa shape index (κ1) is 18.3. The number of alkyl halides is 3. The number of carbonyl (C=O) groups is 1. The molecule has 24 heavy (non-hydrogen) atoms. The van der Waals surface area contributed by atoms with Crippen molar-refractivity contribution < 1.29 is 18.0 Å². The molecule has 0 saturated carbocycles. The zero-order chi connectivity index (χ0) is 17.7. The lowest BCUT2D eigenvalue weighted by Gasteiger charge is -2.34. The Balaban J connectivity index is 1.88. The van der Waals surface area contributed by atoms with Gasteiger partial charge in [-0.15, -0.1) is 0 Å². The van der Waals surface area contributed by atoms with E-state index < -0.39 is 11.7 Å². The molecule has 1 heterocycles. The molecule has 1 amide bonds. The van der Waals surface area contributed by atoms with E-state index in [1.54, 1.807) is 17.9 Å². The van der Waals surface area contributed by atoms with Crippen molar-refractivity contribution in [2.24, 2.45) is 5.73 Å². The lowest BCUT2D eigenvalue weighted by Crippen LogP contribution is -2.48. The van der Waals surface area contributed by atoms with Crippen molar-refractivity contribution in [3.8, 4) is 0 Å². The number of carbonyl (C=O) groups excluding carboxylic acids is 1. The molecule has 0 aromatic heterocycles. The minimum Gasteiger partial charge on any atom is -0.402 e. The van der Waals surface area contributed by atoms with E-state index in [1.807, 2.05) is 0 Å². The monoisotopic (exact) mass is 341 g/mol. The van der Waals surface area contributed by atoms with Gasteiger partial charge in [-0.2, -0.15) is 13.2 Å². The zero-order valence-electron chi connectivity index (χ0n) is 13.6. The first-order chi connectivity index (χ1) is 11.3. The van der Waals surface area contributed by atoms with Crippen LogP contribution in [0.25, 0.3) is 0 Å². The molecule has 1 saturated heterocycles. The van der Waals surface area contributed by atoms with Gasteiger partial charge >= 0.3 is 6.18 Å². The van der Waals surface area contributed by atoms with Crippen molar-refractivity contribution in [2.75, 3.05) is 32.7 Å². The summed E-state index contributed by atoms with van der Waals surface area (Å²) < 4.78 is 39.0. The highest BCUT2D eigenvalue weighted by atomic mass is 19.4. The summed E-state index contributed by atoms with van der Waals surface area (Å²) in [6.07, 6.45) is -2.59. The maximum absolute atomic E-state index is 13.0. The fourth-order valence-corrected chi connectivity index (χ4v) is 2.77. The quantitative estimate of drug-likeness (QED) is 0.855. The summed E-state index contributed by atoms with van der Waals surface area (Å²) in [5.74, 6) is -0.114. The standard InChI is InChI=1S/C17H22F3N3O/c1-13(21)12-16(24)23-10-8-22(9-11-23)7-6-14-4-2-3-5-15(14)17(18,19)20/h2-5,12H,6-11,21H2,1H3/b13-12-. The summed E-state index contributed by atoms with van der Waals surface area (Å²) in [5.41, 5.74) is 5.71. The molecule has 7 heteroatoms. The van der Waals surface area contributed by atoms with E-state index in [1.165, 1.54) is 18.2 Å². The summed E-state index contributed by atoms with van der Waals surface area (Å²) in [7, 11) is 0. The van der Waals surface area contributed by atoms with E-state index >= 15 is 0 Å². The molecule has 0 atom stereocenters. The second-order valence-electron chi connectivity index (χ2n) is 5.96. The van der Waals surface area contributed by atoms with Crippen LogP contribution in [-0.2, 0) is 17.4 Å². The Labute approximate surface area is 139 Å². The molecule has 1 aliphatic heterocycles. The summed E-state index contributed by atoms with van der Waals surface area (Å²) >= 11 is 0. The molecule has 1 fully saturated rings. The number of benzene rings is 1. The van der Waals surface area contributed by atoms with Gasteiger partial charge < -0.3 is 10.6 Å². The van der Waals surface area contributed by atoms with Gasteiger partial charge in [-0.1, -0.05) is 18.2 Å². The first-order valence-corrected chi connectivity index (χ1v) is 7.87. The van der Waals surface area contributed by atoms with Crippen molar-refractivity contribution in [3.63, 3.8) is 0 Å². The predicted molar refractivity (Wildman–Crippen MR) is 86.1 cm³/mol. The fourth-order valence-electron chi connectivity index (χ4n) is 2.77. The number of allylic oxidation sites excluding steroid dienone is 1.